The fraction of sp³-hybridized carbons (Fsp3) is 0.300. The summed E-state index contributed by atoms with van der Waals surface area (Å²) in [7, 11) is 0. The van der Waals surface area contributed by atoms with Crippen molar-refractivity contribution in [1.29, 1.82) is 0 Å². The summed E-state index contributed by atoms with van der Waals surface area (Å²) in [6.07, 6.45) is 0. The van der Waals surface area contributed by atoms with Gasteiger partial charge in [0.05, 0.1) is 4.92 Å². The summed E-state index contributed by atoms with van der Waals surface area (Å²) in [6, 6.07) is 3.19. The smallest absolute Gasteiger partial charge is 0.333 e. The zero-order valence-corrected chi connectivity index (χ0v) is 11.3. The van der Waals surface area contributed by atoms with Gasteiger partial charge >= 0.3 is 5.69 Å². The van der Waals surface area contributed by atoms with Crippen molar-refractivity contribution >= 4 is 27.4 Å². The van der Waals surface area contributed by atoms with Crippen LogP contribution in [0, 0.1) is 17.0 Å². The third-order valence-corrected chi connectivity index (χ3v) is 3.07. The second-order valence-electron chi connectivity index (χ2n) is 3.84. The van der Waals surface area contributed by atoms with Crippen LogP contribution in [0.1, 0.15) is 24.4 Å². The van der Waals surface area contributed by atoms with Gasteiger partial charge in [0.25, 0.3) is 0 Å². The van der Waals surface area contributed by atoms with Crippen molar-refractivity contribution in [3.63, 3.8) is 0 Å². The van der Waals surface area contributed by atoms with E-state index in [1.807, 2.05) is 0 Å². The Morgan fingerprint density at radius 2 is 2.28 bits per heavy atom. The highest BCUT2D eigenvalue weighted by Gasteiger charge is 2.26. The van der Waals surface area contributed by atoms with Crippen molar-refractivity contribution in [3.8, 4) is 0 Å². The van der Waals surface area contributed by atoms with E-state index in [0.717, 1.165) is 0 Å². The summed E-state index contributed by atoms with van der Waals surface area (Å²) in [6.45, 7) is 3.35. The minimum atomic E-state index is -0.529. The van der Waals surface area contributed by atoms with Crippen LogP contribution in [0.15, 0.2) is 21.2 Å². The molecule has 2 N–H and O–H groups in total. The minimum absolute atomic E-state index is 0.0255. The van der Waals surface area contributed by atoms with Gasteiger partial charge in [-0.15, -0.1) is 0 Å². The summed E-state index contributed by atoms with van der Waals surface area (Å²) in [4.78, 5) is 10.3. The van der Waals surface area contributed by atoms with Gasteiger partial charge in [0.15, 0.2) is 4.67 Å². The van der Waals surface area contributed by atoms with Gasteiger partial charge in [-0.05, 0) is 41.9 Å². The van der Waals surface area contributed by atoms with E-state index < -0.39 is 4.92 Å². The second kappa shape index (κ2) is 4.45. The maximum atomic E-state index is 10.9. The average molecular weight is 315 g/mol. The molecule has 1 atom stereocenters. The topological polar surface area (TPSA) is 100 Å². The largest absolute Gasteiger partial charge is 0.452 e. The number of nitrogens with zero attached hydrogens (tertiary/aromatic N) is 3. The molecule has 7 nitrogen and oxygen atoms in total. The predicted molar refractivity (Wildman–Crippen MR) is 68.3 cm³/mol. The summed E-state index contributed by atoms with van der Waals surface area (Å²) < 4.78 is 7.37. The van der Waals surface area contributed by atoms with E-state index in [1.54, 1.807) is 26.0 Å². The molecule has 0 saturated carbocycles. The van der Waals surface area contributed by atoms with Crippen LogP contribution in [0.25, 0.3) is 0 Å². The molecule has 0 aliphatic carbocycles. The molecule has 1 unspecified atom stereocenters. The van der Waals surface area contributed by atoms with E-state index in [0.29, 0.717) is 10.4 Å². The van der Waals surface area contributed by atoms with Crippen molar-refractivity contribution in [2.24, 2.45) is 0 Å². The number of anilines is 1. The Kier molecular flexibility index (Phi) is 3.12. The maximum absolute atomic E-state index is 10.9. The van der Waals surface area contributed by atoms with Crippen LogP contribution in [-0.4, -0.2) is 14.7 Å². The first kappa shape index (κ1) is 12.6. The first-order valence-electron chi connectivity index (χ1n) is 5.16. The van der Waals surface area contributed by atoms with E-state index in [-0.39, 0.29) is 23.2 Å². The molecule has 0 bridgehead atoms. The summed E-state index contributed by atoms with van der Waals surface area (Å²) in [5, 5.41) is 15.0. The molecular formula is C10H11BrN4O3. The molecule has 0 aliphatic rings. The lowest BCUT2D eigenvalue weighted by Crippen LogP contribution is -2.11. The summed E-state index contributed by atoms with van der Waals surface area (Å²) in [5.74, 6) is 0.642. The number of aromatic nitrogens is 2. The van der Waals surface area contributed by atoms with Crippen LogP contribution in [0.5, 0.6) is 0 Å². The van der Waals surface area contributed by atoms with E-state index in [2.05, 4.69) is 21.0 Å². The van der Waals surface area contributed by atoms with Crippen LogP contribution >= 0.6 is 15.9 Å². The van der Waals surface area contributed by atoms with E-state index in [4.69, 9.17) is 10.2 Å². The molecule has 0 aromatic carbocycles. The number of rotatable bonds is 3. The zero-order chi connectivity index (χ0) is 13.4. The molecule has 18 heavy (non-hydrogen) atoms. The molecule has 0 aliphatic heterocycles. The maximum Gasteiger partial charge on any atom is 0.333 e. The molecule has 0 amide bonds. The average Bonchev–Trinajstić information content (AvgIpc) is 2.82. The summed E-state index contributed by atoms with van der Waals surface area (Å²) in [5.41, 5.74) is 5.88. The van der Waals surface area contributed by atoms with Gasteiger partial charge in [0.2, 0.25) is 5.82 Å². The monoisotopic (exact) mass is 314 g/mol. The molecule has 0 fully saturated rings. The van der Waals surface area contributed by atoms with Crippen LogP contribution in [0.4, 0.5) is 11.5 Å². The Bertz CT molecular complexity index is 604. The highest BCUT2D eigenvalue weighted by atomic mass is 79.9. The minimum Gasteiger partial charge on any atom is -0.452 e. The fourth-order valence-electron chi connectivity index (χ4n) is 1.75. The summed E-state index contributed by atoms with van der Waals surface area (Å²) >= 11 is 3.20. The highest BCUT2D eigenvalue weighted by Crippen LogP contribution is 2.31. The Hall–Kier alpha value is -1.83. The van der Waals surface area contributed by atoms with Crippen molar-refractivity contribution in [1.82, 2.24) is 9.78 Å². The van der Waals surface area contributed by atoms with E-state index in [1.165, 1.54) is 4.68 Å². The Morgan fingerprint density at radius 1 is 1.61 bits per heavy atom. The van der Waals surface area contributed by atoms with Gasteiger partial charge in [-0.2, -0.15) is 5.10 Å². The number of hydrogen-bond acceptors (Lipinski definition) is 5. The standard InChI is InChI=1S/C10H11BrN4O3/c1-5-9(15(16)17)10(12)14(13-5)6(2)7-3-4-8(11)18-7/h3-4,6H,12H2,1-2H3. The predicted octanol–water partition coefficient (Wildman–Crippen LogP) is 2.65. The normalized spacial score (nSPS) is 12.6. The lowest BCUT2D eigenvalue weighted by molar-refractivity contribution is -0.384. The van der Waals surface area contributed by atoms with Crippen molar-refractivity contribution in [3.05, 3.63) is 38.4 Å². The van der Waals surface area contributed by atoms with Gasteiger partial charge in [0, 0.05) is 0 Å². The van der Waals surface area contributed by atoms with Crippen molar-refractivity contribution in [2.75, 3.05) is 5.73 Å². The van der Waals surface area contributed by atoms with E-state index in [9.17, 15) is 10.1 Å². The lowest BCUT2D eigenvalue weighted by atomic mass is 10.2. The molecule has 2 heterocycles. The van der Waals surface area contributed by atoms with Gasteiger partial charge in [-0.1, -0.05) is 0 Å². The van der Waals surface area contributed by atoms with E-state index >= 15 is 0 Å². The second-order valence-corrected chi connectivity index (χ2v) is 4.62. The van der Waals surface area contributed by atoms with Gasteiger partial charge < -0.3 is 10.2 Å². The number of nitrogen functional groups attached to an aromatic ring is 1. The van der Waals surface area contributed by atoms with Crippen LogP contribution in [-0.2, 0) is 0 Å². The number of aryl methyl sites for hydroxylation is 1. The molecule has 0 saturated heterocycles. The van der Waals surface area contributed by atoms with Crippen LogP contribution in [0.3, 0.4) is 0 Å². The van der Waals surface area contributed by atoms with Gasteiger partial charge in [0.1, 0.15) is 17.5 Å². The Morgan fingerprint density at radius 3 is 2.72 bits per heavy atom. The van der Waals surface area contributed by atoms with Crippen LogP contribution < -0.4 is 5.73 Å². The third-order valence-electron chi connectivity index (χ3n) is 2.65. The number of nitrogens with two attached hydrogens (primary N) is 1. The molecule has 2 aromatic heterocycles. The molecule has 96 valence electrons. The molecular weight excluding hydrogens is 304 g/mol. The third kappa shape index (κ3) is 1.99. The first-order chi connectivity index (χ1) is 8.41. The van der Waals surface area contributed by atoms with Gasteiger partial charge in [-0.3, -0.25) is 10.1 Å². The Labute approximate surface area is 111 Å². The number of furan rings is 1. The fourth-order valence-corrected chi connectivity index (χ4v) is 2.07. The van der Waals surface area contributed by atoms with Gasteiger partial charge in [-0.25, -0.2) is 4.68 Å². The molecule has 8 heteroatoms. The Balaban J connectivity index is 2.46. The number of halogens is 1. The van der Waals surface area contributed by atoms with Crippen molar-refractivity contribution in [2.45, 2.75) is 19.9 Å². The highest BCUT2D eigenvalue weighted by molar-refractivity contribution is 9.10. The van der Waals surface area contributed by atoms with Crippen molar-refractivity contribution < 1.29 is 9.34 Å². The molecule has 0 spiro atoms. The molecule has 2 rings (SSSR count). The number of hydrogen-bond donors (Lipinski definition) is 1. The SMILES string of the molecule is Cc1nn(C(C)c2ccc(Br)o2)c(N)c1[N+](=O)[O-]. The molecule has 0 radical (unpaired) electrons. The molecule has 2 aromatic rings. The van der Waals surface area contributed by atoms with Crippen LogP contribution in [0.2, 0.25) is 0 Å². The quantitative estimate of drug-likeness (QED) is 0.693. The number of nitro groups is 1. The lowest BCUT2D eigenvalue weighted by Gasteiger charge is -2.10. The zero-order valence-electron chi connectivity index (χ0n) is 9.75. The first-order valence-corrected chi connectivity index (χ1v) is 5.95.